The van der Waals surface area contributed by atoms with Crippen molar-refractivity contribution in [3.8, 4) is 0 Å². The Kier molecular flexibility index (Phi) is 8.10. The number of carbonyl (C=O) groups is 1. The molecule has 6 heteroatoms. The zero-order chi connectivity index (χ0) is 12.6. The lowest BCUT2D eigenvalue weighted by atomic mass is 10.2. The number of hydrogen-bond donors (Lipinski definition) is 2. The van der Waals surface area contributed by atoms with Crippen LogP contribution in [0.5, 0.6) is 0 Å². The van der Waals surface area contributed by atoms with Gasteiger partial charge in [-0.25, -0.2) is 0 Å². The molecule has 0 aromatic heterocycles. The fourth-order valence-corrected chi connectivity index (χ4v) is 1.28. The number of hydrogen-bond acceptors (Lipinski definition) is 5. The van der Waals surface area contributed by atoms with Crippen LogP contribution in [0.25, 0.3) is 0 Å². The minimum absolute atomic E-state index is 0.104. The van der Waals surface area contributed by atoms with Gasteiger partial charge in [0.15, 0.2) is 0 Å². The molecule has 96 valence electrons. The van der Waals surface area contributed by atoms with Crippen LogP contribution in [-0.4, -0.2) is 69.1 Å². The van der Waals surface area contributed by atoms with Crippen LogP contribution in [0.4, 0.5) is 0 Å². The summed E-state index contributed by atoms with van der Waals surface area (Å²) in [7, 11) is 4.65. The number of rotatable bonds is 8. The standard InChI is InChI=1S/C10H22N2O4/c1-12(6-8(13)7-15-2)10(14)4-9(5-11)16-3/h8-9,13H,4-7,11H2,1-3H3. The van der Waals surface area contributed by atoms with E-state index in [4.69, 9.17) is 15.2 Å². The first-order valence-electron chi connectivity index (χ1n) is 5.19. The van der Waals surface area contributed by atoms with Crippen molar-refractivity contribution in [3.05, 3.63) is 0 Å². The predicted octanol–water partition coefficient (Wildman–Crippen LogP) is -1.18. The molecule has 6 nitrogen and oxygen atoms in total. The van der Waals surface area contributed by atoms with Gasteiger partial charge in [0.05, 0.1) is 25.2 Å². The summed E-state index contributed by atoms with van der Waals surface area (Å²) in [5, 5.41) is 9.44. The van der Waals surface area contributed by atoms with Crippen LogP contribution in [0.1, 0.15) is 6.42 Å². The molecule has 0 saturated carbocycles. The van der Waals surface area contributed by atoms with E-state index in [1.807, 2.05) is 0 Å². The Morgan fingerprint density at radius 2 is 2.12 bits per heavy atom. The first-order valence-corrected chi connectivity index (χ1v) is 5.19. The SMILES string of the molecule is COCC(O)CN(C)C(=O)CC(CN)OC. The van der Waals surface area contributed by atoms with Gasteiger partial charge in [-0.3, -0.25) is 4.79 Å². The molecular formula is C10H22N2O4. The molecule has 3 N–H and O–H groups in total. The average molecular weight is 234 g/mol. The molecule has 1 amide bonds. The summed E-state index contributed by atoms with van der Waals surface area (Å²) in [5.74, 6) is -0.104. The third-order valence-corrected chi connectivity index (χ3v) is 2.27. The Hall–Kier alpha value is -0.690. The van der Waals surface area contributed by atoms with Gasteiger partial charge in [0, 0.05) is 34.4 Å². The van der Waals surface area contributed by atoms with Crippen LogP contribution in [0.15, 0.2) is 0 Å². The molecular weight excluding hydrogens is 212 g/mol. The zero-order valence-corrected chi connectivity index (χ0v) is 10.2. The van der Waals surface area contributed by atoms with Gasteiger partial charge in [0.2, 0.25) is 5.91 Å². The molecule has 2 unspecified atom stereocenters. The normalized spacial score (nSPS) is 14.6. The van der Waals surface area contributed by atoms with Gasteiger partial charge < -0.3 is 25.2 Å². The molecule has 0 saturated heterocycles. The Morgan fingerprint density at radius 1 is 1.50 bits per heavy atom. The zero-order valence-electron chi connectivity index (χ0n) is 10.2. The average Bonchev–Trinajstić information content (AvgIpc) is 2.25. The van der Waals surface area contributed by atoms with Crippen LogP contribution < -0.4 is 5.73 Å². The van der Waals surface area contributed by atoms with Gasteiger partial charge in [-0.05, 0) is 0 Å². The maximum absolute atomic E-state index is 11.6. The molecule has 0 aromatic carbocycles. The van der Waals surface area contributed by atoms with E-state index in [0.29, 0.717) is 6.54 Å². The summed E-state index contributed by atoms with van der Waals surface area (Å²) >= 11 is 0. The molecule has 0 bridgehead atoms. The number of nitrogens with two attached hydrogens (primary N) is 1. The monoisotopic (exact) mass is 234 g/mol. The van der Waals surface area contributed by atoms with E-state index in [1.54, 1.807) is 7.05 Å². The van der Waals surface area contributed by atoms with E-state index in [9.17, 15) is 9.90 Å². The van der Waals surface area contributed by atoms with E-state index in [0.717, 1.165) is 0 Å². The third-order valence-electron chi connectivity index (χ3n) is 2.27. The minimum Gasteiger partial charge on any atom is -0.389 e. The number of methoxy groups -OCH3 is 2. The van der Waals surface area contributed by atoms with Crippen LogP contribution in [-0.2, 0) is 14.3 Å². The summed E-state index contributed by atoms with van der Waals surface area (Å²) in [4.78, 5) is 13.1. The first kappa shape index (κ1) is 15.3. The first-order chi connectivity index (χ1) is 7.54. The van der Waals surface area contributed by atoms with E-state index < -0.39 is 6.10 Å². The largest absolute Gasteiger partial charge is 0.389 e. The van der Waals surface area contributed by atoms with Crippen molar-refractivity contribution in [2.75, 3.05) is 41.0 Å². The Bertz CT molecular complexity index is 197. The van der Waals surface area contributed by atoms with Crippen molar-refractivity contribution in [2.24, 2.45) is 5.73 Å². The summed E-state index contributed by atoms with van der Waals surface area (Å²) in [5.41, 5.74) is 5.42. The molecule has 0 aromatic rings. The van der Waals surface area contributed by atoms with E-state index in [1.165, 1.54) is 19.1 Å². The van der Waals surface area contributed by atoms with Crippen LogP contribution >= 0.6 is 0 Å². The predicted molar refractivity (Wildman–Crippen MR) is 60.0 cm³/mol. The molecule has 0 fully saturated rings. The topological polar surface area (TPSA) is 85.0 Å². The fourth-order valence-electron chi connectivity index (χ4n) is 1.28. The molecule has 16 heavy (non-hydrogen) atoms. The number of aliphatic hydroxyl groups is 1. The van der Waals surface area contributed by atoms with Crippen molar-refractivity contribution in [1.82, 2.24) is 4.90 Å². The van der Waals surface area contributed by atoms with Crippen molar-refractivity contribution in [2.45, 2.75) is 18.6 Å². The minimum atomic E-state index is -0.669. The molecule has 0 radical (unpaired) electrons. The third kappa shape index (κ3) is 6.02. The Balaban J connectivity index is 3.97. The molecule has 2 atom stereocenters. The highest BCUT2D eigenvalue weighted by molar-refractivity contribution is 5.76. The van der Waals surface area contributed by atoms with Gasteiger partial charge >= 0.3 is 0 Å². The van der Waals surface area contributed by atoms with Gasteiger partial charge in [-0.2, -0.15) is 0 Å². The lowest BCUT2D eigenvalue weighted by Gasteiger charge is -2.22. The number of amides is 1. The summed E-state index contributed by atoms with van der Waals surface area (Å²) < 4.78 is 9.79. The van der Waals surface area contributed by atoms with Gasteiger partial charge in [0.25, 0.3) is 0 Å². The molecule has 0 aliphatic rings. The Labute approximate surface area is 96.3 Å². The number of likely N-dealkylation sites (N-methyl/N-ethyl adjacent to an activating group) is 1. The maximum Gasteiger partial charge on any atom is 0.225 e. The highest BCUT2D eigenvalue weighted by atomic mass is 16.5. The lowest BCUT2D eigenvalue weighted by molar-refractivity contribution is -0.134. The molecule has 0 heterocycles. The van der Waals surface area contributed by atoms with Crippen molar-refractivity contribution >= 4 is 5.91 Å². The van der Waals surface area contributed by atoms with Crippen LogP contribution in [0.3, 0.4) is 0 Å². The van der Waals surface area contributed by atoms with E-state index >= 15 is 0 Å². The van der Waals surface area contributed by atoms with Gasteiger partial charge in [-0.1, -0.05) is 0 Å². The summed E-state index contributed by atoms with van der Waals surface area (Å²) in [6, 6.07) is 0. The van der Waals surface area contributed by atoms with Crippen LogP contribution in [0.2, 0.25) is 0 Å². The Morgan fingerprint density at radius 3 is 2.56 bits per heavy atom. The van der Waals surface area contributed by atoms with Gasteiger partial charge in [0.1, 0.15) is 0 Å². The van der Waals surface area contributed by atoms with E-state index in [2.05, 4.69) is 0 Å². The number of aliphatic hydroxyl groups excluding tert-OH is 1. The van der Waals surface area contributed by atoms with Crippen molar-refractivity contribution < 1.29 is 19.4 Å². The molecule has 0 aliphatic heterocycles. The quantitative estimate of drug-likeness (QED) is 0.552. The van der Waals surface area contributed by atoms with Crippen molar-refractivity contribution in [1.29, 1.82) is 0 Å². The van der Waals surface area contributed by atoms with Gasteiger partial charge in [-0.15, -0.1) is 0 Å². The second-order valence-corrected chi connectivity index (χ2v) is 3.68. The summed E-state index contributed by atoms with van der Waals surface area (Å²) in [6.45, 7) is 0.757. The second kappa shape index (κ2) is 8.46. The lowest BCUT2D eigenvalue weighted by Crippen LogP contribution is -2.39. The fraction of sp³-hybridized carbons (Fsp3) is 0.900. The molecule has 0 rings (SSSR count). The highest BCUT2D eigenvalue weighted by Crippen LogP contribution is 2.00. The van der Waals surface area contributed by atoms with E-state index in [-0.39, 0.29) is 31.6 Å². The van der Waals surface area contributed by atoms with Crippen LogP contribution in [0, 0.1) is 0 Å². The molecule has 0 aliphatic carbocycles. The number of nitrogens with zero attached hydrogens (tertiary/aromatic N) is 1. The number of carbonyl (C=O) groups excluding carboxylic acids is 1. The number of ether oxygens (including phenoxy) is 2. The maximum atomic E-state index is 11.6. The molecule has 0 spiro atoms. The second-order valence-electron chi connectivity index (χ2n) is 3.68. The highest BCUT2D eigenvalue weighted by Gasteiger charge is 2.17. The smallest absolute Gasteiger partial charge is 0.225 e. The van der Waals surface area contributed by atoms with Crippen molar-refractivity contribution in [3.63, 3.8) is 0 Å². The summed E-state index contributed by atoms with van der Waals surface area (Å²) in [6.07, 6.45) is -0.712.